The molecule has 0 spiro atoms. The fourth-order valence-electron chi connectivity index (χ4n) is 2.36. The molecular weight excluding hydrogens is 380 g/mol. The summed E-state index contributed by atoms with van der Waals surface area (Å²) in [5.41, 5.74) is 2.11. The Morgan fingerprint density at radius 1 is 1.16 bits per heavy atom. The zero-order valence-electron chi connectivity index (χ0n) is 12.5. The summed E-state index contributed by atoms with van der Waals surface area (Å²) in [6.45, 7) is 0. The minimum atomic E-state index is -4.92. The van der Waals surface area contributed by atoms with Crippen molar-refractivity contribution in [3.63, 3.8) is 0 Å². The van der Waals surface area contributed by atoms with E-state index in [-0.39, 0.29) is 10.9 Å². The third-order valence-corrected chi connectivity index (χ3v) is 4.57. The molecule has 1 aromatic heterocycles. The van der Waals surface area contributed by atoms with E-state index in [2.05, 4.69) is 15.0 Å². The van der Waals surface area contributed by atoms with Gasteiger partial charge in [-0.2, -0.15) is 13.2 Å². The highest BCUT2D eigenvalue weighted by Gasteiger charge is 2.60. The summed E-state index contributed by atoms with van der Waals surface area (Å²) >= 11 is 12.0. The van der Waals surface area contributed by atoms with Crippen LogP contribution >= 0.6 is 23.2 Å². The van der Waals surface area contributed by atoms with E-state index in [1.807, 2.05) is 0 Å². The smallest absolute Gasteiger partial charge is 0.350 e. The molecule has 132 valence electrons. The van der Waals surface area contributed by atoms with Crippen LogP contribution in [-0.4, -0.2) is 27.8 Å². The van der Waals surface area contributed by atoms with Crippen LogP contribution in [0.5, 0.6) is 0 Å². The fourth-order valence-corrected chi connectivity index (χ4v) is 2.71. The van der Waals surface area contributed by atoms with Crippen LogP contribution in [0.1, 0.15) is 23.1 Å². The van der Waals surface area contributed by atoms with Gasteiger partial charge in [0, 0.05) is 6.20 Å². The van der Waals surface area contributed by atoms with Crippen molar-refractivity contribution >= 4 is 28.9 Å². The average Bonchev–Trinajstić information content (AvgIpc) is 2.96. The highest BCUT2D eigenvalue weighted by atomic mass is 35.5. The number of aliphatic hydroxyl groups is 1. The van der Waals surface area contributed by atoms with E-state index < -0.39 is 18.4 Å². The molecule has 4 nitrogen and oxygen atoms in total. The Labute approximate surface area is 150 Å². The SMILES string of the molecule is OC1(C(F)(F)F)CC(c2ccc(Cc3ccnc(Cl)c3Cl)cc2)=NO1. The van der Waals surface area contributed by atoms with Gasteiger partial charge in [0.15, 0.2) is 0 Å². The Morgan fingerprint density at radius 2 is 1.84 bits per heavy atom. The van der Waals surface area contributed by atoms with Gasteiger partial charge in [-0.25, -0.2) is 4.98 Å². The van der Waals surface area contributed by atoms with Crippen LogP contribution in [0.3, 0.4) is 0 Å². The summed E-state index contributed by atoms with van der Waals surface area (Å²) in [5, 5.41) is 13.4. The molecule has 0 amide bonds. The molecule has 0 saturated heterocycles. The Balaban J connectivity index is 1.74. The summed E-state index contributed by atoms with van der Waals surface area (Å²) in [5.74, 6) is -3.28. The molecule has 0 aliphatic carbocycles. The third kappa shape index (κ3) is 3.58. The molecule has 1 aromatic carbocycles. The number of aromatic nitrogens is 1. The van der Waals surface area contributed by atoms with Crippen LogP contribution in [0.15, 0.2) is 41.7 Å². The minimum absolute atomic E-state index is 0.0244. The van der Waals surface area contributed by atoms with Crippen LogP contribution in [-0.2, 0) is 11.3 Å². The van der Waals surface area contributed by atoms with Gasteiger partial charge >= 0.3 is 12.0 Å². The van der Waals surface area contributed by atoms with Gasteiger partial charge in [0.2, 0.25) is 0 Å². The monoisotopic (exact) mass is 390 g/mol. The topological polar surface area (TPSA) is 54.7 Å². The maximum Gasteiger partial charge on any atom is 0.458 e. The number of benzene rings is 1. The lowest BCUT2D eigenvalue weighted by molar-refractivity contribution is -0.355. The molecule has 1 unspecified atom stereocenters. The van der Waals surface area contributed by atoms with Gasteiger partial charge in [0.25, 0.3) is 0 Å². The molecule has 2 aromatic rings. The predicted octanol–water partition coefficient (Wildman–Crippen LogP) is 4.35. The molecule has 1 N–H and O–H groups in total. The molecule has 1 aliphatic heterocycles. The second-order valence-corrected chi connectivity index (χ2v) is 6.27. The number of hydrogen-bond donors (Lipinski definition) is 1. The normalized spacial score (nSPS) is 20.3. The van der Waals surface area contributed by atoms with Crippen molar-refractivity contribution in [1.29, 1.82) is 0 Å². The van der Waals surface area contributed by atoms with E-state index in [1.54, 1.807) is 36.5 Å². The molecule has 9 heteroatoms. The fraction of sp³-hybridized carbons (Fsp3) is 0.250. The zero-order chi connectivity index (χ0) is 18.2. The van der Waals surface area contributed by atoms with E-state index in [4.69, 9.17) is 23.2 Å². The first-order chi connectivity index (χ1) is 11.7. The van der Waals surface area contributed by atoms with Gasteiger partial charge in [0.1, 0.15) is 5.15 Å². The van der Waals surface area contributed by atoms with E-state index in [0.717, 1.165) is 11.1 Å². The third-order valence-electron chi connectivity index (χ3n) is 3.77. The highest BCUT2D eigenvalue weighted by molar-refractivity contribution is 6.41. The number of halogens is 5. The Hall–Kier alpha value is -1.83. The lowest BCUT2D eigenvalue weighted by Gasteiger charge is -2.22. The number of nitrogens with zero attached hydrogens (tertiary/aromatic N) is 2. The van der Waals surface area contributed by atoms with E-state index in [0.29, 0.717) is 17.0 Å². The molecule has 0 saturated carbocycles. The number of oxime groups is 1. The van der Waals surface area contributed by atoms with Gasteiger partial charge in [0.05, 0.1) is 17.2 Å². The lowest BCUT2D eigenvalue weighted by Crippen LogP contribution is -2.45. The Bertz CT molecular complexity index is 825. The van der Waals surface area contributed by atoms with Gasteiger partial charge in [-0.05, 0) is 29.2 Å². The minimum Gasteiger partial charge on any atom is -0.350 e. The maximum absolute atomic E-state index is 12.7. The van der Waals surface area contributed by atoms with Crippen molar-refractivity contribution in [2.45, 2.75) is 24.8 Å². The van der Waals surface area contributed by atoms with Gasteiger partial charge < -0.3 is 9.94 Å². The van der Waals surface area contributed by atoms with Crippen molar-refractivity contribution < 1.29 is 23.1 Å². The zero-order valence-corrected chi connectivity index (χ0v) is 14.0. The van der Waals surface area contributed by atoms with Crippen molar-refractivity contribution in [2.24, 2.45) is 5.16 Å². The lowest BCUT2D eigenvalue weighted by atomic mass is 9.99. The standard InChI is InChI=1S/C16H11Cl2F3N2O2/c17-13-11(5-6-22-14(13)18)7-9-1-3-10(4-2-9)12-8-15(24,25-23-12)16(19,20)21/h1-6,24H,7-8H2. The van der Waals surface area contributed by atoms with Crippen molar-refractivity contribution in [2.75, 3.05) is 0 Å². The van der Waals surface area contributed by atoms with E-state index in [9.17, 15) is 18.3 Å². The van der Waals surface area contributed by atoms with Crippen LogP contribution in [0.4, 0.5) is 13.2 Å². The summed E-state index contributed by atoms with van der Waals surface area (Å²) in [6, 6.07) is 8.41. The van der Waals surface area contributed by atoms with Crippen LogP contribution < -0.4 is 0 Å². The predicted molar refractivity (Wildman–Crippen MR) is 86.7 cm³/mol. The molecule has 25 heavy (non-hydrogen) atoms. The summed E-state index contributed by atoms with van der Waals surface area (Å²) in [4.78, 5) is 8.08. The Morgan fingerprint density at radius 3 is 2.44 bits per heavy atom. The highest BCUT2D eigenvalue weighted by Crippen LogP contribution is 2.39. The number of pyridine rings is 1. The number of alkyl halides is 3. The summed E-state index contributed by atoms with van der Waals surface area (Å²) in [7, 11) is 0. The molecular formula is C16H11Cl2F3N2O2. The second-order valence-electron chi connectivity index (χ2n) is 5.54. The largest absolute Gasteiger partial charge is 0.458 e. The molecule has 2 heterocycles. The average molecular weight is 391 g/mol. The van der Waals surface area contributed by atoms with Crippen LogP contribution in [0, 0.1) is 0 Å². The van der Waals surface area contributed by atoms with Crippen LogP contribution in [0.2, 0.25) is 10.2 Å². The molecule has 1 atom stereocenters. The summed E-state index contributed by atoms with van der Waals surface area (Å²) < 4.78 is 38.2. The summed E-state index contributed by atoms with van der Waals surface area (Å²) in [6.07, 6.45) is -3.66. The van der Waals surface area contributed by atoms with Gasteiger partial charge in [-0.15, -0.1) is 0 Å². The molecule has 0 bridgehead atoms. The first kappa shape index (κ1) is 18.0. The molecule has 0 radical (unpaired) electrons. The first-order valence-electron chi connectivity index (χ1n) is 7.12. The molecule has 0 fully saturated rings. The van der Waals surface area contributed by atoms with E-state index >= 15 is 0 Å². The Kier molecular flexibility index (Phi) is 4.66. The first-order valence-corrected chi connectivity index (χ1v) is 7.87. The second kappa shape index (κ2) is 6.48. The van der Waals surface area contributed by atoms with Crippen molar-refractivity contribution in [3.05, 3.63) is 63.4 Å². The number of hydrogen-bond acceptors (Lipinski definition) is 4. The number of rotatable bonds is 3. The van der Waals surface area contributed by atoms with Crippen molar-refractivity contribution in [3.8, 4) is 0 Å². The van der Waals surface area contributed by atoms with E-state index in [1.165, 1.54) is 0 Å². The van der Waals surface area contributed by atoms with Gasteiger partial charge in [-0.1, -0.05) is 52.6 Å². The molecule has 1 aliphatic rings. The van der Waals surface area contributed by atoms with Crippen molar-refractivity contribution in [1.82, 2.24) is 4.98 Å². The van der Waals surface area contributed by atoms with Gasteiger partial charge in [-0.3, -0.25) is 0 Å². The molecule has 3 rings (SSSR count). The quantitative estimate of drug-likeness (QED) is 0.792. The van der Waals surface area contributed by atoms with Crippen LogP contribution in [0.25, 0.3) is 0 Å². The maximum atomic E-state index is 12.7.